The van der Waals surface area contributed by atoms with Crippen LogP contribution in [0, 0.1) is 5.92 Å². The largest absolute Gasteiger partial charge is 0.368 e. The van der Waals surface area contributed by atoms with Crippen molar-refractivity contribution in [2.75, 3.05) is 0 Å². The Bertz CT molecular complexity index is 388. The molecule has 0 radical (unpaired) electrons. The zero-order valence-corrected chi connectivity index (χ0v) is 10.1. The molecule has 0 saturated heterocycles. The lowest BCUT2D eigenvalue weighted by Gasteiger charge is -2.18. The third kappa shape index (κ3) is 4.26. The van der Waals surface area contributed by atoms with Crippen molar-refractivity contribution in [3.05, 3.63) is 35.9 Å². The van der Waals surface area contributed by atoms with Crippen molar-refractivity contribution < 1.29 is 9.59 Å². The van der Waals surface area contributed by atoms with Gasteiger partial charge in [0.1, 0.15) is 6.04 Å². The van der Waals surface area contributed by atoms with Gasteiger partial charge in [-0.15, -0.1) is 0 Å². The summed E-state index contributed by atoms with van der Waals surface area (Å²) in [4.78, 5) is 22.8. The molecule has 1 aromatic rings. The summed E-state index contributed by atoms with van der Waals surface area (Å²) in [6.45, 7) is 3.69. The van der Waals surface area contributed by atoms with Crippen LogP contribution in [-0.2, 0) is 16.0 Å². The van der Waals surface area contributed by atoms with Gasteiger partial charge in [0.05, 0.1) is 6.42 Å². The van der Waals surface area contributed by atoms with Crippen molar-refractivity contribution in [1.29, 1.82) is 0 Å². The number of hydrogen-bond donors (Lipinski definition) is 2. The predicted molar refractivity (Wildman–Crippen MR) is 66.1 cm³/mol. The molecule has 2 amide bonds. The lowest BCUT2D eigenvalue weighted by molar-refractivity contribution is -0.127. The summed E-state index contributed by atoms with van der Waals surface area (Å²) in [7, 11) is 0. The molecular weight excluding hydrogens is 216 g/mol. The molecule has 0 fully saturated rings. The van der Waals surface area contributed by atoms with Crippen molar-refractivity contribution in [3.8, 4) is 0 Å². The average Bonchev–Trinajstić information content (AvgIpc) is 2.26. The van der Waals surface area contributed by atoms with E-state index < -0.39 is 11.9 Å². The Morgan fingerprint density at radius 3 is 2.29 bits per heavy atom. The van der Waals surface area contributed by atoms with Gasteiger partial charge in [-0.3, -0.25) is 9.59 Å². The third-order valence-electron chi connectivity index (χ3n) is 2.50. The zero-order valence-electron chi connectivity index (χ0n) is 10.1. The molecule has 3 N–H and O–H groups in total. The van der Waals surface area contributed by atoms with Gasteiger partial charge in [0.2, 0.25) is 11.8 Å². The predicted octanol–water partition coefficient (Wildman–Crippen LogP) is 0.855. The van der Waals surface area contributed by atoms with Crippen LogP contribution in [0.2, 0.25) is 0 Å². The van der Waals surface area contributed by atoms with Gasteiger partial charge >= 0.3 is 0 Å². The molecular formula is C13H18N2O2. The highest BCUT2D eigenvalue weighted by molar-refractivity contribution is 5.87. The Balaban J connectivity index is 2.57. The lowest BCUT2D eigenvalue weighted by Crippen LogP contribution is -2.48. The first-order chi connectivity index (χ1) is 8.00. The van der Waals surface area contributed by atoms with E-state index in [0.717, 1.165) is 5.56 Å². The van der Waals surface area contributed by atoms with Gasteiger partial charge in [-0.1, -0.05) is 44.2 Å². The molecule has 4 heteroatoms. The highest BCUT2D eigenvalue weighted by atomic mass is 16.2. The molecule has 4 nitrogen and oxygen atoms in total. The molecule has 0 unspecified atom stereocenters. The minimum atomic E-state index is -0.605. The van der Waals surface area contributed by atoms with Gasteiger partial charge in [-0.25, -0.2) is 0 Å². The Kier molecular flexibility index (Phi) is 4.69. The molecule has 0 aliphatic carbocycles. The zero-order chi connectivity index (χ0) is 12.8. The third-order valence-corrected chi connectivity index (χ3v) is 2.50. The number of rotatable bonds is 5. The van der Waals surface area contributed by atoms with E-state index >= 15 is 0 Å². The number of nitrogens with one attached hydrogen (secondary N) is 1. The van der Waals surface area contributed by atoms with Gasteiger partial charge in [0, 0.05) is 0 Å². The molecule has 0 aliphatic rings. The number of benzene rings is 1. The second-order valence-electron chi connectivity index (χ2n) is 4.35. The fraction of sp³-hybridized carbons (Fsp3) is 0.385. The maximum atomic E-state index is 11.7. The second-order valence-corrected chi connectivity index (χ2v) is 4.35. The van der Waals surface area contributed by atoms with Crippen LogP contribution >= 0.6 is 0 Å². The van der Waals surface area contributed by atoms with Crippen molar-refractivity contribution >= 4 is 11.8 Å². The summed E-state index contributed by atoms with van der Waals surface area (Å²) >= 11 is 0. The summed E-state index contributed by atoms with van der Waals surface area (Å²) in [5.74, 6) is -0.692. The van der Waals surface area contributed by atoms with Gasteiger partial charge in [0.25, 0.3) is 0 Å². The molecule has 1 aromatic carbocycles. The van der Waals surface area contributed by atoms with Gasteiger partial charge in [-0.05, 0) is 11.5 Å². The van der Waals surface area contributed by atoms with Crippen LogP contribution in [-0.4, -0.2) is 17.9 Å². The normalized spacial score (nSPS) is 12.2. The number of nitrogens with two attached hydrogens (primary N) is 1. The minimum absolute atomic E-state index is 0.00720. The quantitative estimate of drug-likeness (QED) is 0.793. The van der Waals surface area contributed by atoms with Gasteiger partial charge in [-0.2, -0.15) is 0 Å². The van der Waals surface area contributed by atoms with Crippen LogP contribution in [0.4, 0.5) is 0 Å². The van der Waals surface area contributed by atoms with E-state index in [0.29, 0.717) is 0 Å². The first-order valence-electron chi connectivity index (χ1n) is 5.63. The highest BCUT2D eigenvalue weighted by Gasteiger charge is 2.21. The molecule has 0 aromatic heterocycles. The lowest BCUT2D eigenvalue weighted by atomic mass is 10.0. The second kappa shape index (κ2) is 6.03. The van der Waals surface area contributed by atoms with E-state index in [4.69, 9.17) is 5.73 Å². The number of amides is 2. The van der Waals surface area contributed by atoms with E-state index in [-0.39, 0.29) is 18.2 Å². The molecule has 0 spiro atoms. The van der Waals surface area contributed by atoms with Crippen LogP contribution in [0.3, 0.4) is 0 Å². The van der Waals surface area contributed by atoms with Crippen LogP contribution in [0.1, 0.15) is 19.4 Å². The Morgan fingerprint density at radius 2 is 1.82 bits per heavy atom. The SMILES string of the molecule is CC(C)[C@@H](NC(=O)Cc1ccccc1)C(N)=O. The molecule has 0 heterocycles. The van der Waals surface area contributed by atoms with E-state index in [1.165, 1.54) is 0 Å². The number of hydrogen-bond acceptors (Lipinski definition) is 2. The first-order valence-corrected chi connectivity index (χ1v) is 5.63. The molecule has 17 heavy (non-hydrogen) atoms. The van der Waals surface area contributed by atoms with E-state index in [1.807, 2.05) is 44.2 Å². The molecule has 1 atom stereocenters. The molecule has 0 bridgehead atoms. The Hall–Kier alpha value is -1.84. The van der Waals surface area contributed by atoms with Crippen LogP contribution in [0.5, 0.6) is 0 Å². The topological polar surface area (TPSA) is 72.2 Å². The molecule has 1 rings (SSSR count). The maximum absolute atomic E-state index is 11.7. The maximum Gasteiger partial charge on any atom is 0.240 e. The van der Waals surface area contributed by atoms with Gasteiger partial charge < -0.3 is 11.1 Å². The smallest absolute Gasteiger partial charge is 0.240 e. The molecule has 92 valence electrons. The highest BCUT2D eigenvalue weighted by Crippen LogP contribution is 2.03. The molecule has 0 saturated carbocycles. The van der Waals surface area contributed by atoms with Gasteiger partial charge in [0.15, 0.2) is 0 Å². The van der Waals surface area contributed by atoms with Crippen molar-refractivity contribution in [3.63, 3.8) is 0 Å². The Morgan fingerprint density at radius 1 is 1.24 bits per heavy atom. The average molecular weight is 234 g/mol. The summed E-state index contributed by atoms with van der Waals surface area (Å²) in [6.07, 6.45) is 0.261. The van der Waals surface area contributed by atoms with Crippen LogP contribution in [0.15, 0.2) is 30.3 Å². The number of primary amides is 1. The summed E-state index contributed by atoms with van der Waals surface area (Å²) < 4.78 is 0. The van der Waals surface area contributed by atoms with Crippen molar-refractivity contribution in [2.24, 2.45) is 11.7 Å². The van der Waals surface area contributed by atoms with Crippen molar-refractivity contribution in [2.45, 2.75) is 26.3 Å². The van der Waals surface area contributed by atoms with Crippen molar-refractivity contribution in [1.82, 2.24) is 5.32 Å². The van der Waals surface area contributed by atoms with E-state index in [1.54, 1.807) is 0 Å². The van der Waals surface area contributed by atoms with E-state index in [9.17, 15) is 9.59 Å². The monoisotopic (exact) mass is 234 g/mol. The summed E-state index contributed by atoms with van der Waals surface area (Å²) in [5.41, 5.74) is 6.14. The Labute approximate surface area is 101 Å². The first kappa shape index (κ1) is 13.2. The minimum Gasteiger partial charge on any atom is -0.368 e. The fourth-order valence-corrected chi connectivity index (χ4v) is 1.57. The fourth-order valence-electron chi connectivity index (χ4n) is 1.57. The molecule has 0 aliphatic heterocycles. The van der Waals surface area contributed by atoms with Crippen LogP contribution < -0.4 is 11.1 Å². The standard InChI is InChI=1S/C13H18N2O2/c1-9(2)12(13(14)17)15-11(16)8-10-6-4-3-5-7-10/h3-7,9,12H,8H2,1-2H3,(H2,14,17)(H,15,16)/t12-/m1/s1. The summed E-state index contributed by atoms with van der Waals surface area (Å²) in [6, 6.07) is 8.77. The van der Waals surface area contributed by atoms with E-state index in [2.05, 4.69) is 5.32 Å². The van der Waals surface area contributed by atoms with Crippen LogP contribution in [0.25, 0.3) is 0 Å². The number of carbonyl (C=O) groups excluding carboxylic acids is 2. The summed E-state index contributed by atoms with van der Waals surface area (Å²) in [5, 5.41) is 2.65. The number of carbonyl (C=O) groups is 2.